The van der Waals surface area contributed by atoms with Crippen molar-refractivity contribution < 1.29 is 12.8 Å². The van der Waals surface area contributed by atoms with E-state index < -0.39 is 15.8 Å². The molecule has 1 heterocycles. The maximum absolute atomic E-state index is 13.0. The van der Waals surface area contributed by atoms with Gasteiger partial charge in [-0.15, -0.1) is 12.4 Å². The number of benzene rings is 1. The van der Waals surface area contributed by atoms with Crippen molar-refractivity contribution in [3.8, 4) is 0 Å². The summed E-state index contributed by atoms with van der Waals surface area (Å²) in [5, 5.41) is 3.18. The van der Waals surface area contributed by atoms with Gasteiger partial charge in [0.25, 0.3) is 0 Å². The van der Waals surface area contributed by atoms with Gasteiger partial charge in [-0.1, -0.05) is 0 Å². The van der Waals surface area contributed by atoms with Gasteiger partial charge in [0.1, 0.15) is 5.82 Å². The summed E-state index contributed by atoms with van der Waals surface area (Å²) in [5.41, 5.74) is 0. The number of piperazine rings is 1. The van der Waals surface area contributed by atoms with E-state index in [4.69, 9.17) is 0 Å². The summed E-state index contributed by atoms with van der Waals surface area (Å²) in [6.45, 7) is 3.41. The summed E-state index contributed by atoms with van der Waals surface area (Å²) in [4.78, 5) is 0.109. The van der Waals surface area contributed by atoms with E-state index in [1.54, 1.807) is 0 Å². The van der Waals surface area contributed by atoms with E-state index >= 15 is 0 Å². The predicted octanol–water partition coefficient (Wildman–Crippen LogP) is 1.99. The zero-order chi connectivity index (χ0) is 13.3. The second kappa shape index (κ2) is 6.49. The highest BCUT2D eigenvalue weighted by Crippen LogP contribution is 2.26. The number of sulfonamides is 1. The summed E-state index contributed by atoms with van der Waals surface area (Å²) in [6, 6.07) is 3.73. The first kappa shape index (κ1) is 16.8. The Morgan fingerprint density at radius 3 is 2.74 bits per heavy atom. The standard InChI is InChI=1S/C11H14BrFN2O2S.ClH/c1-8-7-15(5-4-14-8)18(16,17)11-3-2-9(13)6-10(11)12;/h2-3,6,8,14H,4-5,7H2,1H3;1H/t8-;/m1./s1. The van der Waals surface area contributed by atoms with Crippen molar-refractivity contribution in [1.82, 2.24) is 9.62 Å². The fourth-order valence-corrected chi connectivity index (χ4v) is 4.48. The number of rotatable bonds is 2. The third kappa shape index (κ3) is 3.66. The first-order valence-electron chi connectivity index (χ1n) is 5.60. The quantitative estimate of drug-likeness (QED) is 0.862. The summed E-state index contributed by atoms with van der Waals surface area (Å²) >= 11 is 3.10. The van der Waals surface area contributed by atoms with Crippen LogP contribution < -0.4 is 5.32 Å². The topological polar surface area (TPSA) is 49.4 Å². The van der Waals surface area contributed by atoms with Gasteiger partial charge in [0.15, 0.2) is 0 Å². The van der Waals surface area contributed by atoms with E-state index in [1.807, 2.05) is 6.92 Å². The smallest absolute Gasteiger partial charge is 0.244 e. The molecule has 0 spiro atoms. The Bertz CT molecular complexity index is 556. The molecule has 0 saturated carbocycles. The molecule has 1 saturated heterocycles. The average Bonchev–Trinajstić information content (AvgIpc) is 2.28. The van der Waals surface area contributed by atoms with Gasteiger partial charge in [-0.2, -0.15) is 4.31 Å². The SMILES string of the molecule is C[C@@H]1CN(S(=O)(=O)c2ccc(F)cc2Br)CCN1.Cl. The first-order chi connectivity index (χ1) is 8.41. The maximum Gasteiger partial charge on any atom is 0.244 e. The highest BCUT2D eigenvalue weighted by molar-refractivity contribution is 9.10. The lowest BCUT2D eigenvalue weighted by atomic mass is 10.3. The minimum atomic E-state index is -3.56. The van der Waals surface area contributed by atoms with Crippen LogP contribution in [0, 0.1) is 5.82 Å². The Morgan fingerprint density at radius 2 is 2.16 bits per heavy atom. The van der Waals surface area contributed by atoms with E-state index in [0.717, 1.165) is 6.07 Å². The lowest BCUT2D eigenvalue weighted by molar-refractivity contribution is 0.310. The molecule has 1 fully saturated rings. The van der Waals surface area contributed by atoms with Crippen LogP contribution in [0.2, 0.25) is 0 Å². The lowest BCUT2D eigenvalue weighted by Crippen LogP contribution is -2.51. The molecule has 2 rings (SSSR count). The Morgan fingerprint density at radius 1 is 1.47 bits per heavy atom. The molecule has 0 aromatic heterocycles. The van der Waals surface area contributed by atoms with E-state index in [0.29, 0.717) is 19.6 Å². The number of nitrogens with zero attached hydrogens (tertiary/aromatic N) is 1. The van der Waals surface area contributed by atoms with Crippen molar-refractivity contribution in [2.24, 2.45) is 0 Å². The van der Waals surface area contributed by atoms with E-state index in [9.17, 15) is 12.8 Å². The van der Waals surface area contributed by atoms with Gasteiger partial charge in [-0.25, -0.2) is 12.8 Å². The molecule has 1 aliphatic rings. The molecule has 19 heavy (non-hydrogen) atoms. The summed E-state index contributed by atoms with van der Waals surface area (Å²) in [5.74, 6) is -0.463. The molecule has 0 radical (unpaired) electrons. The zero-order valence-corrected chi connectivity index (χ0v) is 13.5. The minimum Gasteiger partial charge on any atom is -0.312 e. The van der Waals surface area contributed by atoms with Crippen molar-refractivity contribution in [2.45, 2.75) is 17.9 Å². The third-order valence-corrected chi connectivity index (χ3v) is 5.69. The second-order valence-corrected chi connectivity index (χ2v) is 7.05. The van der Waals surface area contributed by atoms with Crippen LogP contribution >= 0.6 is 28.3 Å². The monoisotopic (exact) mass is 372 g/mol. The van der Waals surface area contributed by atoms with Gasteiger partial charge in [0.05, 0.1) is 4.90 Å². The van der Waals surface area contributed by atoms with Crippen LogP contribution in [-0.2, 0) is 10.0 Å². The number of hydrogen-bond acceptors (Lipinski definition) is 3. The second-order valence-electron chi connectivity index (χ2n) is 4.29. The first-order valence-corrected chi connectivity index (χ1v) is 7.83. The van der Waals surface area contributed by atoms with Crippen LogP contribution in [0.5, 0.6) is 0 Å². The van der Waals surface area contributed by atoms with Gasteiger partial charge in [-0.05, 0) is 41.1 Å². The van der Waals surface area contributed by atoms with Gasteiger partial charge in [-0.3, -0.25) is 0 Å². The predicted molar refractivity (Wildman–Crippen MR) is 77.6 cm³/mol. The fourth-order valence-electron chi connectivity index (χ4n) is 1.94. The van der Waals surface area contributed by atoms with Gasteiger partial charge < -0.3 is 5.32 Å². The summed E-state index contributed by atoms with van der Waals surface area (Å²) in [7, 11) is -3.56. The number of hydrogen-bond donors (Lipinski definition) is 1. The van der Waals surface area contributed by atoms with E-state index in [1.165, 1.54) is 16.4 Å². The van der Waals surface area contributed by atoms with Crippen LogP contribution in [0.15, 0.2) is 27.6 Å². The van der Waals surface area contributed by atoms with Crippen molar-refractivity contribution >= 4 is 38.4 Å². The Balaban J connectivity index is 0.00000180. The van der Waals surface area contributed by atoms with E-state index in [2.05, 4.69) is 21.2 Å². The van der Waals surface area contributed by atoms with Gasteiger partial charge >= 0.3 is 0 Å². The largest absolute Gasteiger partial charge is 0.312 e. The van der Waals surface area contributed by atoms with Crippen LogP contribution in [0.25, 0.3) is 0 Å². The number of nitrogens with one attached hydrogen (secondary N) is 1. The molecule has 4 nitrogen and oxygen atoms in total. The van der Waals surface area contributed by atoms with Gasteiger partial charge in [0, 0.05) is 30.1 Å². The van der Waals surface area contributed by atoms with Crippen molar-refractivity contribution in [3.63, 3.8) is 0 Å². The highest BCUT2D eigenvalue weighted by atomic mass is 79.9. The molecule has 0 amide bonds. The normalized spacial score (nSPS) is 20.9. The molecule has 1 N–H and O–H groups in total. The maximum atomic E-state index is 13.0. The average molecular weight is 374 g/mol. The van der Waals surface area contributed by atoms with Crippen LogP contribution in [-0.4, -0.2) is 38.4 Å². The summed E-state index contributed by atoms with van der Waals surface area (Å²) < 4.78 is 39.5. The molecule has 1 aliphatic heterocycles. The van der Waals surface area contributed by atoms with Crippen LogP contribution in [0.3, 0.4) is 0 Å². The number of halogens is 3. The Labute approximate surface area is 127 Å². The zero-order valence-electron chi connectivity index (χ0n) is 10.3. The summed E-state index contributed by atoms with van der Waals surface area (Å²) in [6.07, 6.45) is 0. The highest BCUT2D eigenvalue weighted by Gasteiger charge is 2.29. The van der Waals surface area contributed by atoms with Crippen molar-refractivity contribution in [1.29, 1.82) is 0 Å². The lowest BCUT2D eigenvalue weighted by Gasteiger charge is -2.31. The molecule has 0 unspecified atom stereocenters. The van der Waals surface area contributed by atoms with Crippen LogP contribution in [0.1, 0.15) is 6.92 Å². The van der Waals surface area contributed by atoms with E-state index in [-0.39, 0.29) is 27.8 Å². The Hall–Kier alpha value is -0.210. The molecule has 0 bridgehead atoms. The van der Waals surface area contributed by atoms with Crippen molar-refractivity contribution in [2.75, 3.05) is 19.6 Å². The molecular formula is C11H15BrClFN2O2S. The molecule has 8 heteroatoms. The molecule has 108 valence electrons. The molecular weight excluding hydrogens is 359 g/mol. The fraction of sp³-hybridized carbons (Fsp3) is 0.455. The van der Waals surface area contributed by atoms with Gasteiger partial charge in [0.2, 0.25) is 10.0 Å². The van der Waals surface area contributed by atoms with Crippen molar-refractivity contribution in [3.05, 3.63) is 28.5 Å². The molecule has 0 aliphatic carbocycles. The molecule has 1 aromatic rings. The molecule has 1 aromatic carbocycles. The Kier molecular flexibility index (Phi) is 5.76. The van der Waals surface area contributed by atoms with Crippen LogP contribution in [0.4, 0.5) is 4.39 Å². The minimum absolute atomic E-state index is 0. The molecule has 1 atom stereocenters. The third-order valence-electron chi connectivity index (χ3n) is 2.84.